The summed E-state index contributed by atoms with van der Waals surface area (Å²) in [4.78, 5) is 8.16. The number of hydrogen-bond acceptors (Lipinski definition) is 5. The average molecular weight is 338 g/mol. The molecule has 5 nitrogen and oxygen atoms in total. The largest absolute Gasteiger partial charge is 0.494 e. The summed E-state index contributed by atoms with van der Waals surface area (Å²) in [6, 6.07) is 7.45. The molecule has 1 aromatic carbocycles. The second kappa shape index (κ2) is 7.09. The van der Waals surface area contributed by atoms with Crippen LogP contribution in [0.25, 0.3) is 0 Å². The van der Waals surface area contributed by atoms with E-state index >= 15 is 0 Å². The van der Waals surface area contributed by atoms with Crippen LogP contribution in [-0.2, 0) is 0 Å². The molecular weight excluding hydrogens is 322 g/mol. The number of rotatable bonds is 6. The Kier molecular flexibility index (Phi) is 5.17. The smallest absolute Gasteiger partial charge is 0.143 e. The number of benzene rings is 1. The highest BCUT2D eigenvalue weighted by molar-refractivity contribution is 9.10. The lowest BCUT2D eigenvalue weighted by molar-refractivity contribution is 0.332. The maximum Gasteiger partial charge on any atom is 0.143 e. The molecule has 0 bridgehead atoms. The number of nitrogens with one attached hydrogen (secondary N) is 1. The molecule has 0 unspecified atom stereocenters. The lowest BCUT2D eigenvalue weighted by atomic mass is 10.2. The van der Waals surface area contributed by atoms with Crippen molar-refractivity contribution in [3.8, 4) is 11.5 Å². The molecule has 6 heteroatoms. The Morgan fingerprint density at radius 2 is 1.90 bits per heavy atom. The molecule has 1 aromatic heterocycles. The van der Waals surface area contributed by atoms with Crippen molar-refractivity contribution in [3.05, 3.63) is 35.2 Å². The Morgan fingerprint density at radius 1 is 1.10 bits per heavy atom. The van der Waals surface area contributed by atoms with Crippen LogP contribution in [-0.4, -0.2) is 23.2 Å². The van der Waals surface area contributed by atoms with Gasteiger partial charge in [0.2, 0.25) is 0 Å². The Balaban J connectivity index is 2.29. The van der Waals surface area contributed by atoms with E-state index < -0.39 is 0 Å². The maximum absolute atomic E-state index is 5.60. The molecule has 1 N–H and O–H groups in total. The third-order valence-electron chi connectivity index (χ3n) is 2.46. The molecule has 0 radical (unpaired) electrons. The summed E-state index contributed by atoms with van der Waals surface area (Å²) in [5.41, 5.74) is 0.809. The van der Waals surface area contributed by atoms with Gasteiger partial charge in [-0.1, -0.05) is 0 Å². The van der Waals surface area contributed by atoms with E-state index in [0.717, 1.165) is 17.2 Å². The van der Waals surface area contributed by atoms with Gasteiger partial charge in [0.1, 0.15) is 28.2 Å². The highest BCUT2D eigenvalue weighted by atomic mass is 79.9. The van der Waals surface area contributed by atoms with E-state index in [1.807, 2.05) is 32.0 Å². The van der Waals surface area contributed by atoms with Crippen molar-refractivity contribution in [2.45, 2.75) is 13.8 Å². The molecule has 0 saturated heterocycles. The van der Waals surface area contributed by atoms with Gasteiger partial charge in [0, 0.05) is 12.1 Å². The number of anilines is 2. The van der Waals surface area contributed by atoms with Gasteiger partial charge in [-0.3, -0.25) is 0 Å². The highest BCUT2D eigenvalue weighted by Crippen LogP contribution is 2.31. The molecule has 0 spiro atoms. The van der Waals surface area contributed by atoms with Crippen molar-refractivity contribution < 1.29 is 9.47 Å². The molecule has 1 heterocycles. The van der Waals surface area contributed by atoms with Crippen LogP contribution >= 0.6 is 15.9 Å². The van der Waals surface area contributed by atoms with Gasteiger partial charge in [0.05, 0.1) is 18.9 Å². The van der Waals surface area contributed by atoms with Crippen molar-refractivity contribution in [2.24, 2.45) is 0 Å². The van der Waals surface area contributed by atoms with E-state index in [-0.39, 0.29) is 0 Å². The van der Waals surface area contributed by atoms with Crippen molar-refractivity contribution in [2.75, 3.05) is 18.5 Å². The number of aromatic nitrogens is 2. The van der Waals surface area contributed by atoms with Gasteiger partial charge in [-0.05, 0) is 41.9 Å². The number of hydrogen-bond donors (Lipinski definition) is 1. The molecule has 2 aromatic rings. The molecule has 0 amide bonds. The minimum Gasteiger partial charge on any atom is -0.494 e. The Hall–Kier alpha value is -1.82. The van der Waals surface area contributed by atoms with Crippen LogP contribution < -0.4 is 14.8 Å². The Morgan fingerprint density at radius 3 is 2.60 bits per heavy atom. The van der Waals surface area contributed by atoms with Crippen LogP contribution in [0.3, 0.4) is 0 Å². The van der Waals surface area contributed by atoms with Crippen LogP contribution in [0, 0.1) is 0 Å². The summed E-state index contributed by atoms with van der Waals surface area (Å²) in [5, 5.41) is 3.21. The number of nitrogens with zero attached hydrogens (tertiary/aromatic N) is 2. The van der Waals surface area contributed by atoms with E-state index in [4.69, 9.17) is 9.47 Å². The molecule has 0 saturated carbocycles. The fraction of sp³-hybridized carbons (Fsp3) is 0.286. The van der Waals surface area contributed by atoms with Crippen molar-refractivity contribution in [3.63, 3.8) is 0 Å². The first-order chi connectivity index (χ1) is 9.72. The molecule has 20 heavy (non-hydrogen) atoms. The summed E-state index contributed by atoms with van der Waals surface area (Å²) >= 11 is 3.32. The van der Waals surface area contributed by atoms with Crippen LogP contribution in [0.1, 0.15) is 13.8 Å². The number of halogens is 1. The molecule has 0 aliphatic rings. The Bertz CT molecular complexity index is 578. The van der Waals surface area contributed by atoms with Gasteiger partial charge < -0.3 is 14.8 Å². The highest BCUT2D eigenvalue weighted by Gasteiger charge is 2.07. The first-order valence-electron chi connectivity index (χ1n) is 6.37. The summed E-state index contributed by atoms with van der Waals surface area (Å²) in [7, 11) is 0. The SMILES string of the molecule is CCOc1ccc(OCC)c(Nc2cc(Br)ncn2)c1. The molecule has 106 valence electrons. The lowest BCUT2D eigenvalue weighted by Crippen LogP contribution is -2.01. The van der Waals surface area contributed by atoms with E-state index in [2.05, 4.69) is 31.2 Å². The van der Waals surface area contributed by atoms with Crippen molar-refractivity contribution in [1.82, 2.24) is 9.97 Å². The quantitative estimate of drug-likeness (QED) is 0.813. The van der Waals surface area contributed by atoms with Crippen molar-refractivity contribution >= 4 is 27.4 Å². The summed E-state index contributed by atoms with van der Waals surface area (Å²) in [6.07, 6.45) is 1.49. The maximum atomic E-state index is 5.60. The molecule has 2 rings (SSSR count). The molecule has 0 aliphatic heterocycles. The molecule has 0 fully saturated rings. The summed E-state index contributed by atoms with van der Waals surface area (Å²) in [6.45, 7) is 5.11. The van der Waals surface area contributed by atoms with Crippen LogP contribution in [0.4, 0.5) is 11.5 Å². The summed E-state index contributed by atoms with van der Waals surface area (Å²) in [5.74, 6) is 2.22. The molecule has 0 atom stereocenters. The monoisotopic (exact) mass is 337 g/mol. The second-order valence-electron chi connectivity index (χ2n) is 3.87. The lowest BCUT2D eigenvalue weighted by Gasteiger charge is -2.13. The second-order valence-corrected chi connectivity index (χ2v) is 4.69. The normalized spacial score (nSPS) is 10.2. The predicted molar refractivity (Wildman–Crippen MR) is 81.8 cm³/mol. The van der Waals surface area contributed by atoms with Crippen LogP contribution in [0.2, 0.25) is 0 Å². The minimum absolute atomic E-state index is 0.593. The van der Waals surface area contributed by atoms with E-state index in [1.54, 1.807) is 6.07 Å². The van der Waals surface area contributed by atoms with Gasteiger partial charge in [0.25, 0.3) is 0 Å². The fourth-order valence-electron chi connectivity index (χ4n) is 1.68. The molecule has 0 aliphatic carbocycles. The zero-order valence-corrected chi connectivity index (χ0v) is 13.0. The van der Waals surface area contributed by atoms with Gasteiger partial charge in [0.15, 0.2) is 0 Å². The summed E-state index contributed by atoms with van der Waals surface area (Å²) < 4.78 is 11.8. The van der Waals surface area contributed by atoms with Gasteiger partial charge in [-0.15, -0.1) is 0 Å². The van der Waals surface area contributed by atoms with Crippen molar-refractivity contribution in [1.29, 1.82) is 0 Å². The van der Waals surface area contributed by atoms with E-state index in [9.17, 15) is 0 Å². The zero-order chi connectivity index (χ0) is 14.4. The third-order valence-corrected chi connectivity index (χ3v) is 2.89. The fourth-order valence-corrected chi connectivity index (χ4v) is 1.99. The van der Waals surface area contributed by atoms with E-state index in [1.165, 1.54) is 6.33 Å². The van der Waals surface area contributed by atoms with Crippen LogP contribution in [0.15, 0.2) is 35.2 Å². The van der Waals surface area contributed by atoms with E-state index in [0.29, 0.717) is 23.6 Å². The topological polar surface area (TPSA) is 56.3 Å². The first kappa shape index (κ1) is 14.6. The van der Waals surface area contributed by atoms with Gasteiger partial charge in [-0.25, -0.2) is 9.97 Å². The Labute approximate surface area is 126 Å². The third kappa shape index (κ3) is 3.84. The van der Waals surface area contributed by atoms with Gasteiger partial charge >= 0.3 is 0 Å². The standard InChI is InChI=1S/C14H16BrN3O2/c1-3-19-10-5-6-12(20-4-2)11(7-10)18-14-8-13(15)16-9-17-14/h5-9H,3-4H2,1-2H3,(H,16,17,18). The number of ether oxygens (including phenoxy) is 2. The average Bonchev–Trinajstić information content (AvgIpc) is 2.42. The minimum atomic E-state index is 0.593. The van der Waals surface area contributed by atoms with Gasteiger partial charge in [-0.2, -0.15) is 0 Å². The predicted octanol–water partition coefficient (Wildman–Crippen LogP) is 3.78. The first-order valence-corrected chi connectivity index (χ1v) is 7.16. The van der Waals surface area contributed by atoms with Crippen LogP contribution in [0.5, 0.6) is 11.5 Å². The zero-order valence-electron chi connectivity index (χ0n) is 11.4. The molecular formula is C14H16BrN3O2.